The molecule has 2 aromatic carbocycles. The molecule has 0 spiro atoms. The average Bonchev–Trinajstić information content (AvgIpc) is 2.70. The van der Waals surface area contributed by atoms with Gasteiger partial charge >= 0.3 is 0 Å². The number of aliphatic hydroxyl groups excluding tert-OH is 1. The zero-order valence-electron chi connectivity index (χ0n) is 17.2. The maximum Gasteiger partial charge on any atom is 0.133 e. The van der Waals surface area contributed by atoms with Gasteiger partial charge in [0.1, 0.15) is 11.5 Å². The predicted molar refractivity (Wildman–Crippen MR) is 122 cm³/mol. The van der Waals surface area contributed by atoms with Gasteiger partial charge in [0.15, 0.2) is 0 Å². The second-order valence-electron chi connectivity index (χ2n) is 7.30. The number of hydrogen-bond donors (Lipinski definition) is 3. The molecule has 0 fully saturated rings. The maximum atomic E-state index is 10.5. The molecule has 1 aliphatic heterocycles. The maximum absolute atomic E-state index is 10.5. The lowest BCUT2D eigenvalue weighted by atomic mass is 10.1. The number of benzene rings is 2. The van der Waals surface area contributed by atoms with Crippen LogP contribution in [-0.4, -0.2) is 72.5 Å². The highest BCUT2D eigenvalue weighted by molar-refractivity contribution is 5.93. The van der Waals surface area contributed by atoms with Crippen LogP contribution in [0.5, 0.6) is 11.5 Å². The van der Waals surface area contributed by atoms with Crippen molar-refractivity contribution >= 4 is 24.9 Å². The fraction of sp³-hybridized carbons (Fsp3) is 0.304. The third-order valence-electron chi connectivity index (χ3n) is 4.54. The number of phenols is 2. The van der Waals surface area contributed by atoms with E-state index in [-0.39, 0.29) is 24.6 Å². The largest absolute Gasteiger partial charge is 0.507 e. The monoisotopic (exact) mass is 406 g/mol. The van der Waals surface area contributed by atoms with E-state index in [1.165, 1.54) is 0 Å². The van der Waals surface area contributed by atoms with Crippen molar-refractivity contribution in [2.75, 3.05) is 26.2 Å². The second kappa shape index (κ2) is 9.93. The summed E-state index contributed by atoms with van der Waals surface area (Å²) in [6.45, 7) is 5.04. The summed E-state index contributed by atoms with van der Waals surface area (Å²) in [5, 5.41) is 31.1. The van der Waals surface area contributed by atoms with Gasteiger partial charge in [0.25, 0.3) is 0 Å². The Balaban J connectivity index is 1.92. The summed E-state index contributed by atoms with van der Waals surface area (Å²) in [4.78, 5) is 17.2. The van der Waals surface area contributed by atoms with Crippen molar-refractivity contribution in [3.8, 4) is 11.5 Å². The van der Waals surface area contributed by atoms with E-state index in [9.17, 15) is 15.3 Å². The van der Waals surface area contributed by atoms with E-state index in [1.54, 1.807) is 24.9 Å². The van der Waals surface area contributed by atoms with Crippen LogP contribution in [0.2, 0.25) is 0 Å². The molecule has 1 heterocycles. The smallest absolute Gasteiger partial charge is 0.133 e. The Morgan fingerprint density at radius 3 is 1.33 bits per heavy atom. The zero-order valence-corrected chi connectivity index (χ0v) is 17.2. The standard InChI is InChI=1S/C23H26N4O3/c1-15-5-17-9-24-3-4-25-10-18-6-16(2)8-20(23(18)30)12-27-14-21(28)13-26-11-19(7-15)22(17)29/h5-12,21,28-30H,3-4,13-14H2,1-2H3. The van der Waals surface area contributed by atoms with Gasteiger partial charge in [0.2, 0.25) is 0 Å². The number of nitrogens with zero attached hydrogens (tertiary/aromatic N) is 4. The van der Waals surface area contributed by atoms with Gasteiger partial charge in [-0.25, -0.2) is 0 Å². The first-order chi connectivity index (χ1) is 14.4. The first kappa shape index (κ1) is 21.4. The molecule has 3 N–H and O–H groups in total. The fourth-order valence-corrected chi connectivity index (χ4v) is 3.11. The lowest BCUT2D eigenvalue weighted by molar-refractivity contribution is 0.193. The molecular weight excluding hydrogens is 380 g/mol. The van der Waals surface area contributed by atoms with Gasteiger partial charge in [-0.3, -0.25) is 20.0 Å². The minimum Gasteiger partial charge on any atom is -0.507 e. The van der Waals surface area contributed by atoms with Crippen LogP contribution in [0, 0.1) is 13.8 Å². The lowest BCUT2D eigenvalue weighted by Crippen LogP contribution is -2.15. The highest BCUT2D eigenvalue weighted by Crippen LogP contribution is 2.23. The number of fused-ring (bicyclic) bond motifs is 4. The SMILES string of the molecule is Cc1cc2c(O)c(c1)C=NCC(O)CN=Cc1cc(C)cc(c1O)C=NCCN=C2. The quantitative estimate of drug-likeness (QED) is 0.625. The van der Waals surface area contributed by atoms with Gasteiger partial charge in [-0.2, -0.15) is 0 Å². The number of aliphatic imine (C=N–C) groups is 4. The molecule has 0 aliphatic carbocycles. The van der Waals surface area contributed by atoms with Crippen LogP contribution in [0.25, 0.3) is 0 Å². The summed E-state index contributed by atoms with van der Waals surface area (Å²) in [7, 11) is 0. The Bertz CT molecular complexity index is 944. The van der Waals surface area contributed by atoms with Crippen molar-refractivity contribution in [3.63, 3.8) is 0 Å². The van der Waals surface area contributed by atoms with Crippen LogP contribution in [0.3, 0.4) is 0 Å². The van der Waals surface area contributed by atoms with E-state index in [0.29, 0.717) is 35.3 Å². The minimum atomic E-state index is -0.777. The molecule has 3 rings (SSSR count). The molecule has 7 heteroatoms. The van der Waals surface area contributed by atoms with Crippen molar-refractivity contribution in [1.29, 1.82) is 0 Å². The van der Waals surface area contributed by atoms with Crippen LogP contribution in [0.4, 0.5) is 0 Å². The lowest BCUT2D eigenvalue weighted by Gasteiger charge is -2.07. The number of rotatable bonds is 0. The Morgan fingerprint density at radius 2 is 0.967 bits per heavy atom. The van der Waals surface area contributed by atoms with Crippen molar-refractivity contribution < 1.29 is 15.3 Å². The van der Waals surface area contributed by atoms with E-state index in [2.05, 4.69) is 20.0 Å². The van der Waals surface area contributed by atoms with Crippen LogP contribution in [0.15, 0.2) is 44.2 Å². The number of hydrogen-bond acceptors (Lipinski definition) is 7. The average molecular weight is 406 g/mol. The second-order valence-corrected chi connectivity index (χ2v) is 7.30. The molecule has 156 valence electrons. The van der Waals surface area contributed by atoms with Crippen LogP contribution in [-0.2, 0) is 0 Å². The van der Waals surface area contributed by atoms with Gasteiger partial charge in [0, 0.05) is 47.1 Å². The van der Waals surface area contributed by atoms with Gasteiger partial charge in [-0.1, -0.05) is 0 Å². The number of phenolic OH excluding ortho intramolecular Hbond substituents is 2. The normalized spacial score (nSPS) is 17.4. The van der Waals surface area contributed by atoms with E-state index in [1.807, 2.05) is 38.1 Å². The summed E-state index contributed by atoms with van der Waals surface area (Å²) in [6.07, 6.45) is 5.55. The van der Waals surface area contributed by atoms with E-state index in [0.717, 1.165) is 11.1 Å². The highest BCUT2D eigenvalue weighted by Gasteiger charge is 2.08. The first-order valence-corrected chi connectivity index (χ1v) is 9.78. The Kier molecular flexibility index (Phi) is 7.08. The molecule has 2 aromatic rings. The predicted octanol–water partition coefficient (Wildman–Crippen LogP) is 2.46. The molecule has 0 radical (unpaired) electrons. The van der Waals surface area contributed by atoms with Gasteiger partial charge in [-0.05, 0) is 49.2 Å². The van der Waals surface area contributed by atoms with Crippen molar-refractivity contribution in [2.24, 2.45) is 20.0 Å². The summed E-state index contributed by atoms with van der Waals surface area (Å²) in [5.74, 6) is 0.192. The first-order valence-electron chi connectivity index (χ1n) is 9.78. The third-order valence-corrected chi connectivity index (χ3v) is 4.54. The molecule has 0 atom stereocenters. The molecule has 0 unspecified atom stereocenters. The van der Waals surface area contributed by atoms with E-state index in [4.69, 9.17) is 0 Å². The summed E-state index contributed by atoms with van der Waals surface area (Å²) >= 11 is 0. The van der Waals surface area contributed by atoms with E-state index < -0.39 is 6.10 Å². The Labute approximate surface area is 175 Å². The number of aliphatic hydroxyl groups is 1. The fourth-order valence-electron chi connectivity index (χ4n) is 3.11. The Hall–Kier alpha value is -3.32. The third kappa shape index (κ3) is 5.61. The molecule has 0 saturated carbocycles. The highest BCUT2D eigenvalue weighted by atomic mass is 16.3. The molecule has 4 bridgehead atoms. The summed E-state index contributed by atoms with van der Waals surface area (Å²) in [5.41, 5.74) is 4.28. The van der Waals surface area contributed by atoms with Gasteiger partial charge in [-0.15, -0.1) is 0 Å². The summed E-state index contributed by atoms with van der Waals surface area (Å²) in [6, 6.07) is 7.34. The van der Waals surface area contributed by atoms with Gasteiger partial charge < -0.3 is 15.3 Å². The molecule has 0 aromatic heterocycles. The molecule has 30 heavy (non-hydrogen) atoms. The molecular formula is C23H26N4O3. The zero-order chi connectivity index (χ0) is 21.5. The molecule has 1 aliphatic rings. The van der Waals surface area contributed by atoms with E-state index >= 15 is 0 Å². The molecule has 0 saturated heterocycles. The van der Waals surface area contributed by atoms with Crippen molar-refractivity contribution in [3.05, 3.63) is 57.6 Å². The topological polar surface area (TPSA) is 110 Å². The number of aryl methyl sites for hydroxylation is 2. The van der Waals surface area contributed by atoms with Crippen LogP contribution < -0.4 is 0 Å². The van der Waals surface area contributed by atoms with Gasteiger partial charge in [0.05, 0.1) is 32.3 Å². The molecule has 7 nitrogen and oxygen atoms in total. The minimum absolute atomic E-state index is 0.0958. The number of aromatic hydroxyl groups is 2. The van der Waals surface area contributed by atoms with Crippen LogP contribution in [0.1, 0.15) is 33.4 Å². The Morgan fingerprint density at radius 1 is 0.633 bits per heavy atom. The van der Waals surface area contributed by atoms with Crippen LogP contribution >= 0.6 is 0 Å². The van der Waals surface area contributed by atoms with Crippen molar-refractivity contribution in [1.82, 2.24) is 0 Å². The summed E-state index contributed by atoms with van der Waals surface area (Å²) < 4.78 is 0. The molecule has 0 amide bonds. The van der Waals surface area contributed by atoms with Crippen molar-refractivity contribution in [2.45, 2.75) is 20.0 Å².